The Kier molecular flexibility index (Phi) is 5.42. The molecule has 2 aromatic rings. The van der Waals surface area contributed by atoms with Crippen molar-refractivity contribution in [3.8, 4) is 0 Å². The lowest BCUT2D eigenvalue weighted by Gasteiger charge is -2.27. The fourth-order valence-electron chi connectivity index (χ4n) is 2.05. The molecule has 0 aliphatic carbocycles. The van der Waals surface area contributed by atoms with E-state index in [-0.39, 0.29) is 6.04 Å². The van der Waals surface area contributed by atoms with E-state index in [2.05, 4.69) is 46.1 Å². The van der Waals surface area contributed by atoms with Crippen molar-refractivity contribution in [2.24, 2.45) is 5.73 Å². The minimum absolute atomic E-state index is 0.217. The summed E-state index contributed by atoms with van der Waals surface area (Å²) >= 11 is 11.0. The number of likely N-dealkylation sites (N-methyl/N-ethyl adjacent to an activating group) is 1. The van der Waals surface area contributed by atoms with Crippen molar-refractivity contribution >= 4 is 38.9 Å². The third-order valence-corrected chi connectivity index (χ3v) is 4.79. The van der Waals surface area contributed by atoms with E-state index in [0.29, 0.717) is 6.54 Å². The predicted molar refractivity (Wildman–Crippen MR) is 86.7 cm³/mol. The second-order valence-electron chi connectivity index (χ2n) is 4.42. The van der Waals surface area contributed by atoms with Crippen molar-refractivity contribution < 1.29 is 0 Å². The number of nitrogens with zero attached hydrogens (tertiary/aromatic N) is 1. The van der Waals surface area contributed by atoms with Gasteiger partial charge in [-0.3, -0.25) is 4.90 Å². The van der Waals surface area contributed by atoms with Gasteiger partial charge in [0.1, 0.15) is 0 Å². The van der Waals surface area contributed by atoms with E-state index in [1.165, 1.54) is 10.4 Å². The highest BCUT2D eigenvalue weighted by atomic mass is 79.9. The maximum Gasteiger partial charge on any atom is 0.0931 e. The highest BCUT2D eigenvalue weighted by Crippen LogP contribution is 2.26. The first-order valence-corrected chi connectivity index (χ1v) is 7.99. The third-order valence-electron chi connectivity index (χ3n) is 3.04. The van der Waals surface area contributed by atoms with Crippen molar-refractivity contribution in [2.75, 3.05) is 13.6 Å². The van der Waals surface area contributed by atoms with Crippen molar-refractivity contribution in [3.05, 3.63) is 55.6 Å². The first-order chi connectivity index (χ1) is 9.10. The van der Waals surface area contributed by atoms with Gasteiger partial charge < -0.3 is 5.73 Å². The molecule has 2 N–H and O–H groups in total. The van der Waals surface area contributed by atoms with Crippen LogP contribution in [0.25, 0.3) is 0 Å². The van der Waals surface area contributed by atoms with Crippen LogP contribution in [0.3, 0.4) is 0 Å². The lowest BCUT2D eigenvalue weighted by atomic mass is 10.1. The van der Waals surface area contributed by atoms with Crippen LogP contribution in [0.1, 0.15) is 16.5 Å². The summed E-state index contributed by atoms with van der Waals surface area (Å²) in [6.45, 7) is 1.45. The summed E-state index contributed by atoms with van der Waals surface area (Å²) in [7, 11) is 2.09. The molecule has 1 unspecified atom stereocenters. The van der Waals surface area contributed by atoms with Gasteiger partial charge in [0.2, 0.25) is 0 Å². The van der Waals surface area contributed by atoms with Crippen molar-refractivity contribution in [2.45, 2.75) is 12.6 Å². The van der Waals surface area contributed by atoms with E-state index in [1.807, 2.05) is 18.2 Å². The van der Waals surface area contributed by atoms with Crippen LogP contribution in [0.4, 0.5) is 0 Å². The molecule has 0 radical (unpaired) electrons. The molecular weight excluding hydrogens is 344 g/mol. The number of thiophene rings is 1. The molecule has 0 aliphatic rings. The average Bonchev–Trinajstić information content (AvgIpc) is 2.78. The molecule has 102 valence electrons. The number of rotatable bonds is 5. The molecule has 19 heavy (non-hydrogen) atoms. The number of hydrogen-bond acceptors (Lipinski definition) is 3. The van der Waals surface area contributed by atoms with Crippen molar-refractivity contribution in [1.29, 1.82) is 0 Å². The molecule has 0 spiro atoms. The Morgan fingerprint density at radius 2 is 1.95 bits per heavy atom. The van der Waals surface area contributed by atoms with Gasteiger partial charge in [-0.05, 0) is 36.9 Å². The maximum atomic E-state index is 5.96. The molecule has 5 heteroatoms. The second-order valence-corrected chi connectivity index (χ2v) is 7.14. The smallest absolute Gasteiger partial charge is 0.0931 e. The standard InChI is InChI=1S/C14H16BrClN2S/c1-18(9-12-6-7-14(16)19-12)13(8-17)10-2-4-11(15)5-3-10/h2-7,13H,8-9,17H2,1H3. The molecule has 1 aromatic heterocycles. The van der Waals surface area contributed by atoms with Gasteiger partial charge in [-0.2, -0.15) is 0 Å². The van der Waals surface area contributed by atoms with Gasteiger partial charge in [0.25, 0.3) is 0 Å². The van der Waals surface area contributed by atoms with Crippen molar-refractivity contribution in [1.82, 2.24) is 4.90 Å². The topological polar surface area (TPSA) is 29.3 Å². The lowest BCUT2D eigenvalue weighted by Crippen LogP contribution is -2.29. The molecule has 2 nitrogen and oxygen atoms in total. The van der Waals surface area contributed by atoms with Crippen LogP contribution in [0.2, 0.25) is 4.34 Å². The fourth-order valence-corrected chi connectivity index (χ4v) is 3.46. The summed E-state index contributed by atoms with van der Waals surface area (Å²) in [5, 5.41) is 0. The summed E-state index contributed by atoms with van der Waals surface area (Å²) in [6.07, 6.45) is 0. The lowest BCUT2D eigenvalue weighted by molar-refractivity contribution is 0.244. The molecule has 1 aromatic carbocycles. The molecular formula is C14H16BrClN2S. The molecule has 0 saturated heterocycles. The minimum atomic E-state index is 0.217. The molecule has 2 rings (SSSR count). The van der Waals surface area contributed by atoms with Gasteiger partial charge in [0.05, 0.1) is 4.34 Å². The SMILES string of the molecule is CN(Cc1ccc(Cl)s1)C(CN)c1ccc(Br)cc1. The van der Waals surface area contributed by atoms with E-state index in [0.717, 1.165) is 15.4 Å². The Bertz CT molecular complexity index is 526. The van der Waals surface area contributed by atoms with Crippen LogP contribution in [0, 0.1) is 0 Å². The summed E-state index contributed by atoms with van der Waals surface area (Å²) in [5.41, 5.74) is 7.16. The minimum Gasteiger partial charge on any atom is -0.329 e. The molecule has 0 saturated carbocycles. The largest absolute Gasteiger partial charge is 0.329 e. The average molecular weight is 360 g/mol. The van der Waals surface area contributed by atoms with E-state index in [4.69, 9.17) is 17.3 Å². The van der Waals surface area contributed by atoms with Gasteiger partial charge >= 0.3 is 0 Å². The fraction of sp³-hybridized carbons (Fsp3) is 0.286. The van der Waals surface area contributed by atoms with Gasteiger partial charge in [-0.1, -0.05) is 39.7 Å². The van der Waals surface area contributed by atoms with Gasteiger partial charge in [0.15, 0.2) is 0 Å². The van der Waals surface area contributed by atoms with E-state index >= 15 is 0 Å². The molecule has 1 atom stereocenters. The number of nitrogens with two attached hydrogens (primary N) is 1. The van der Waals surface area contributed by atoms with E-state index < -0.39 is 0 Å². The number of benzene rings is 1. The molecule has 1 heterocycles. The Morgan fingerprint density at radius 3 is 2.47 bits per heavy atom. The van der Waals surface area contributed by atoms with Crippen LogP contribution in [-0.2, 0) is 6.54 Å². The van der Waals surface area contributed by atoms with Gasteiger partial charge in [0, 0.05) is 28.5 Å². The quantitative estimate of drug-likeness (QED) is 0.862. The summed E-state index contributed by atoms with van der Waals surface area (Å²) in [5.74, 6) is 0. The third kappa shape index (κ3) is 4.04. The van der Waals surface area contributed by atoms with Crippen LogP contribution in [0.15, 0.2) is 40.9 Å². The normalized spacial score (nSPS) is 12.9. The molecule has 0 fully saturated rings. The van der Waals surface area contributed by atoms with Crippen molar-refractivity contribution in [3.63, 3.8) is 0 Å². The van der Waals surface area contributed by atoms with E-state index in [9.17, 15) is 0 Å². The van der Waals surface area contributed by atoms with Crippen LogP contribution < -0.4 is 5.73 Å². The Hall–Kier alpha value is -0.390. The zero-order chi connectivity index (χ0) is 13.8. The monoisotopic (exact) mass is 358 g/mol. The first-order valence-electron chi connectivity index (χ1n) is 6.00. The van der Waals surface area contributed by atoms with Crippen LogP contribution in [-0.4, -0.2) is 18.5 Å². The van der Waals surface area contributed by atoms with Gasteiger partial charge in [-0.25, -0.2) is 0 Å². The zero-order valence-corrected chi connectivity index (χ0v) is 13.8. The molecule has 0 amide bonds. The molecule has 0 aliphatic heterocycles. The summed E-state index contributed by atoms with van der Waals surface area (Å²) in [4.78, 5) is 3.51. The van der Waals surface area contributed by atoms with Crippen LogP contribution >= 0.6 is 38.9 Å². The molecule has 0 bridgehead atoms. The second kappa shape index (κ2) is 6.86. The Morgan fingerprint density at radius 1 is 1.26 bits per heavy atom. The Labute approximate surface area is 131 Å². The number of halogens is 2. The highest BCUT2D eigenvalue weighted by molar-refractivity contribution is 9.10. The summed E-state index contributed by atoms with van der Waals surface area (Å²) in [6, 6.07) is 12.5. The Balaban J connectivity index is 2.10. The highest BCUT2D eigenvalue weighted by Gasteiger charge is 2.16. The predicted octanol–water partition coefficient (Wildman–Crippen LogP) is 4.30. The first kappa shape index (κ1) is 15.0. The van der Waals surface area contributed by atoms with Crippen LogP contribution in [0.5, 0.6) is 0 Å². The maximum absolute atomic E-state index is 5.96. The zero-order valence-electron chi connectivity index (χ0n) is 10.6. The van der Waals surface area contributed by atoms with E-state index in [1.54, 1.807) is 11.3 Å². The summed E-state index contributed by atoms with van der Waals surface area (Å²) < 4.78 is 1.91. The van der Waals surface area contributed by atoms with Gasteiger partial charge in [-0.15, -0.1) is 11.3 Å². The number of hydrogen-bond donors (Lipinski definition) is 1.